The number of rotatable bonds is 7. The molecule has 0 aliphatic carbocycles. The van der Waals surface area contributed by atoms with Crippen LogP contribution in [-0.2, 0) is 45.0 Å². The Hall–Kier alpha value is -3.15. The SMILES string of the molecule is CC(OC(=O)C(C)C)OC(=O)[C@@H]1N2C(=O)[C@@H](NC(=O)OCc3ccccc3)[C@H]2S(=O)(=O)C1(C)C. The van der Waals surface area contributed by atoms with Gasteiger partial charge in [-0.15, -0.1) is 0 Å². The second-order valence-corrected chi connectivity index (χ2v) is 11.6. The molecule has 186 valence electrons. The van der Waals surface area contributed by atoms with Crippen LogP contribution in [0.5, 0.6) is 0 Å². The van der Waals surface area contributed by atoms with Gasteiger partial charge in [-0.2, -0.15) is 0 Å². The lowest BCUT2D eigenvalue weighted by Crippen LogP contribution is -2.72. The van der Waals surface area contributed by atoms with Crippen molar-refractivity contribution in [2.24, 2.45) is 5.92 Å². The molecule has 1 aromatic carbocycles. The fourth-order valence-corrected chi connectivity index (χ4v) is 6.08. The second-order valence-electron chi connectivity index (χ2n) is 8.97. The van der Waals surface area contributed by atoms with Gasteiger partial charge in [0, 0.05) is 6.92 Å². The third-order valence-corrected chi connectivity index (χ3v) is 8.64. The van der Waals surface area contributed by atoms with Crippen LogP contribution in [-0.4, -0.2) is 65.8 Å². The van der Waals surface area contributed by atoms with Crippen molar-refractivity contribution in [2.75, 3.05) is 0 Å². The number of sulfone groups is 1. The molecular formula is C22H28N2O9S. The molecule has 2 aliphatic heterocycles. The third kappa shape index (κ3) is 4.46. The average molecular weight is 497 g/mol. The van der Waals surface area contributed by atoms with Crippen LogP contribution in [0.3, 0.4) is 0 Å². The summed E-state index contributed by atoms with van der Waals surface area (Å²) in [4.78, 5) is 50.5. The number of amides is 2. The molecule has 0 radical (unpaired) electrons. The number of ether oxygens (including phenoxy) is 3. The maximum Gasteiger partial charge on any atom is 0.408 e. The van der Waals surface area contributed by atoms with E-state index < -0.39 is 68.2 Å². The zero-order valence-electron chi connectivity index (χ0n) is 19.5. The van der Waals surface area contributed by atoms with Crippen LogP contribution in [0.25, 0.3) is 0 Å². The van der Waals surface area contributed by atoms with Crippen molar-refractivity contribution >= 4 is 33.8 Å². The second kappa shape index (κ2) is 9.24. The number of alkyl carbamates (subject to hydrolysis) is 1. The highest BCUT2D eigenvalue weighted by Crippen LogP contribution is 2.46. The lowest BCUT2D eigenvalue weighted by molar-refractivity contribution is -0.193. The van der Waals surface area contributed by atoms with E-state index in [4.69, 9.17) is 14.2 Å². The molecule has 2 amide bonds. The fraction of sp³-hybridized carbons (Fsp3) is 0.545. The third-order valence-electron chi connectivity index (χ3n) is 5.81. The van der Waals surface area contributed by atoms with Crippen LogP contribution in [0, 0.1) is 5.92 Å². The van der Waals surface area contributed by atoms with Crippen LogP contribution in [0.1, 0.15) is 40.2 Å². The Morgan fingerprint density at radius 3 is 2.29 bits per heavy atom. The van der Waals surface area contributed by atoms with E-state index in [9.17, 15) is 27.6 Å². The van der Waals surface area contributed by atoms with E-state index in [0.717, 1.165) is 4.90 Å². The quantitative estimate of drug-likeness (QED) is 0.333. The number of hydrogen-bond acceptors (Lipinski definition) is 9. The van der Waals surface area contributed by atoms with Gasteiger partial charge in [0.2, 0.25) is 12.2 Å². The number of nitrogens with zero attached hydrogens (tertiary/aromatic N) is 1. The zero-order valence-corrected chi connectivity index (χ0v) is 20.3. The molecule has 12 heteroatoms. The van der Waals surface area contributed by atoms with Crippen molar-refractivity contribution in [3.05, 3.63) is 35.9 Å². The number of nitrogens with one attached hydrogen (secondary N) is 1. The summed E-state index contributed by atoms with van der Waals surface area (Å²) >= 11 is 0. The first-order valence-corrected chi connectivity index (χ1v) is 12.3. The number of esters is 2. The highest BCUT2D eigenvalue weighted by atomic mass is 32.2. The normalized spacial score (nSPS) is 25.1. The van der Waals surface area contributed by atoms with Crippen molar-refractivity contribution in [1.29, 1.82) is 0 Å². The van der Waals surface area contributed by atoms with Crippen molar-refractivity contribution in [2.45, 2.75) is 69.7 Å². The van der Waals surface area contributed by atoms with Gasteiger partial charge >= 0.3 is 18.0 Å². The van der Waals surface area contributed by atoms with Crippen LogP contribution in [0.15, 0.2) is 30.3 Å². The largest absolute Gasteiger partial charge is 0.445 e. The van der Waals surface area contributed by atoms with Gasteiger partial charge in [-0.3, -0.25) is 9.59 Å². The molecule has 0 spiro atoms. The van der Waals surface area contributed by atoms with E-state index in [-0.39, 0.29) is 6.61 Å². The van der Waals surface area contributed by atoms with Gasteiger partial charge in [0.25, 0.3) is 0 Å². The van der Waals surface area contributed by atoms with Crippen LogP contribution >= 0.6 is 0 Å². The van der Waals surface area contributed by atoms with E-state index in [1.807, 2.05) is 0 Å². The van der Waals surface area contributed by atoms with Gasteiger partial charge in [0.1, 0.15) is 23.4 Å². The predicted molar refractivity (Wildman–Crippen MR) is 117 cm³/mol. The lowest BCUT2D eigenvalue weighted by atomic mass is 9.96. The van der Waals surface area contributed by atoms with Gasteiger partial charge < -0.3 is 24.4 Å². The zero-order chi connectivity index (χ0) is 25.4. The van der Waals surface area contributed by atoms with Crippen LogP contribution in [0.4, 0.5) is 4.79 Å². The molecule has 4 atom stereocenters. The van der Waals surface area contributed by atoms with E-state index in [2.05, 4.69) is 5.32 Å². The Morgan fingerprint density at radius 1 is 1.09 bits per heavy atom. The minimum absolute atomic E-state index is 0.0673. The molecule has 1 N–H and O–H groups in total. The van der Waals surface area contributed by atoms with Gasteiger partial charge in [-0.1, -0.05) is 44.2 Å². The van der Waals surface area contributed by atoms with E-state index in [1.165, 1.54) is 20.8 Å². The van der Waals surface area contributed by atoms with Crippen LogP contribution in [0.2, 0.25) is 0 Å². The molecule has 2 aliphatic rings. The highest BCUT2D eigenvalue weighted by molar-refractivity contribution is 7.94. The monoisotopic (exact) mass is 496 g/mol. The molecule has 2 fully saturated rings. The first-order chi connectivity index (χ1) is 15.8. The average Bonchev–Trinajstić information content (AvgIpc) is 2.90. The molecule has 0 saturated carbocycles. The fourth-order valence-electron chi connectivity index (χ4n) is 3.86. The summed E-state index contributed by atoms with van der Waals surface area (Å²) in [6.45, 7) is 7.06. The molecular weight excluding hydrogens is 468 g/mol. The summed E-state index contributed by atoms with van der Waals surface area (Å²) in [5.41, 5.74) is 0.712. The molecule has 11 nitrogen and oxygen atoms in total. The molecule has 1 unspecified atom stereocenters. The van der Waals surface area contributed by atoms with Gasteiger partial charge in [0.05, 0.1) is 5.92 Å². The Balaban J connectivity index is 1.70. The number of benzene rings is 1. The number of hydrogen-bond donors (Lipinski definition) is 1. The summed E-state index contributed by atoms with van der Waals surface area (Å²) in [5, 5.41) is 0.834. The Labute approximate surface area is 197 Å². The predicted octanol–water partition coefficient (Wildman–Crippen LogP) is 1.11. The highest BCUT2D eigenvalue weighted by Gasteiger charge is 2.73. The number of β-lactam (4-membered cyclic amide) rings is 1. The summed E-state index contributed by atoms with van der Waals surface area (Å²) in [7, 11) is -4.10. The topological polar surface area (TPSA) is 145 Å². The smallest absolute Gasteiger partial charge is 0.408 e. The molecule has 0 bridgehead atoms. The number of fused-ring (bicyclic) bond motifs is 1. The van der Waals surface area contributed by atoms with Gasteiger partial charge in [-0.25, -0.2) is 18.0 Å². The van der Waals surface area contributed by atoms with E-state index >= 15 is 0 Å². The summed E-state index contributed by atoms with van der Waals surface area (Å²) in [6.07, 6.45) is -2.24. The summed E-state index contributed by atoms with van der Waals surface area (Å²) in [6, 6.07) is 5.93. The summed E-state index contributed by atoms with van der Waals surface area (Å²) in [5.74, 6) is -2.85. The van der Waals surface area contributed by atoms with Crippen molar-refractivity contribution in [3.63, 3.8) is 0 Å². The van der Waals surface area contributed by atoms with E-state index in [0.29, 0.717) is 5.56 Å². The van der Waals surface area contributed by atoms with Crippen molar-refractivity contribution < 1.29 is 41.8 Å². The standard InChI is InChI=1S/C22H28N2O9S/c1-12(2)19(26)32-13(3)33-20(27)16-22(4,5)34(29,30)18-15(17(25)24(16)18)23-21(28)31-11-14-9-7-6-8-10-14/h6-10,12-13,15-16,18H,11H2,1-5H3,(H,23,28)/t13?,15-,16+,18-/m1/s1. The minimum atomic E-state index is -4.10. The molecule has 3 rings (SSSR count). The molecule has 2 heterocycles. The molecule has 0 aromatic heterocycles. The molecule has 34 heavy (non-hydrogen) atoms. The first-order valence-electron chi connectivity index (χ1n) is 10.7. The lowest BCUT2D eigenvalue weighted by Gasteiger charge is -2.42. The van der Waals surface area contributed by atoms with Gasteiger partial charge in [0.15, 0.2) is 15.2 Å². The Bertz CT molecular complexity index is 1080. The van der Waals surface area contributed by atoms with Crippen LogP contribution < -0.4 is 5.32 Å². The minimum Gasteiger partial charge on any atom is -0.445 e. The number of carbonyl (C=O) groups is 4. The maximum atomic E-state index is 13.2. The maximum absolute atomic E-state index is 13.2. The molecule has 2 saturated heterocycles. The first kappa shape index (κ1) is 25.5. The Morgan fingerprint density at radius 2 is 1.71 bits per heavy atom. The van der Waals surface area contributed by atoms with Crippen molar-refractivity contribution in [1.82, 2.24) is 10.2 Å². The Kier molecular flexibility index (Phi) is 6.92. The van der Waals surface area contributed by atoms with Gasteiger partial charge in [-0.05, 0) is 19.4 Å². The van der Waals surface area contributed by atoms with E-state index in [1.54, 1.807) is 44.2 Å². The molecule has 1 aromatic rings. The number of carbonyl (C=O) groups excluding carboxylic acids is 4. The summed E-state index contributed by atoms with van der Waals surface area (Å²) < 4.78 is 39.9. The van der Waals surface area contributed by atoms with Crippen molar-refractivity contribution in [3.8, 4) is 0 Å².